The van der Waals surface area contributed by atoms with Crippen molar-refractivity contribution in [3.8, 4) is 11.5 Å². The minimum atomic E-state index is -0.939. The summed E-state index contributed by atoms with van der Waals surface area (Å²) in [5, 5.41) is 23.2. The predicted molar refractivity (Wildman–Crippen MR) is 190 cm³/mol. The Morgan fingerprint density at radius 3 is 2.71 bits per heavy atom. The van der Waals surface area contributed by atoms with Crippen molar-refractivity contribution in [2.45, 2.75) is 55.9 Å². The van der Waals surface area contributed by atoms with Gasteiger partial charge in [-0.05, 0) is 77.1 Å². The molecule has 1 saturated heterocycles. The number of aliphatic hydroxyl groups is 1. The number of carbonyl (C=O) groups is 2. The Morgan fingerprint density at radius 2 is 1.85 bits per heavy atom. The molecule has 0 unspecified atom stereocenters. The van der Waals surface area contributed by atoms with E-state index in [4.69, 9.17) is 9.47 Å². The molecule has 7 rings (SSSR count). The van der Waals surface area contributed by atoms with Gasteiger partial charge in [0.15, 0.2) is 4.34 Å². The lowest BCUT2D eigenvalue weighted by molar-refractivity contribution is -0.132. The van der Waals surface area contributed by atoms with Crippen LogP contribution in [-0.4, -0.2) is 39.7 Å². The first-order valence-corrected chi connectivity index (χ1v) is 17.8. The molecule has 10 heteroatoms. The number of Topliss-reactive ketones (excluding diaryl/α,β-unsaturated/α-hetero) is 1. The van der Waals surface area contributed by atoms with Crippen molar-refractivity contribution in [2.75, 3.05) is 11.5 Å². The van der Waals surface area contributed by atoms with Crippen LogP contribution in [0.25, 0.3) is 16.5 Å². The first kappa shape index (κ1) is 31.9. The Morgan fingerprint density at radius 1 is 1.04 bits per heavy atom. The molecule has 2 aliphatic rings. The van der Waals surface area contributed by atoms with Crippen molar-refractivity contribution in [3.05, 3.63) is 113 Å². The van der Waals surface area contributed by atoms with Gasteiger partial charge in [-0.3, -0.25) is 14.5 Å². The smallest absolute Gasteiger partial charge is 0.301 e. The first-order chi connectivity index (χ1) is 23.3. The molecule has 4 aromatic carbocycles. The molecular formula is C38H35N3O5S2. The number of amides is 1. The van der Waals surface area contributed by atoms with E-state index in [-0.39, 0.29) is 22.6 Å². The molecular weight excluding hydrogens is 643 g/mol. The fourth-order valence-corrected chi connectivity index (χ4v) is 8.04. The van der Waals surface area contributed by atoms with Crippen molar-refractivity contribution in [2.24, 2.45) is 5.92 Å². The molecule has 0 saturated carbocycles. The van der Waals surface area contributed by atoms with Gasteiger partial charge >= 0.3 is 5.91 Å². The summed E-state index contributed by atoms with van der Waals surface area (Å²) < 4.78 is 12.6. The molecule has 0 spiro atoms. The number of thioether (sulfide) groups is 1. The van der Waals surface area contributed by atoms with Crippen LogP contribution in [0.1, 0.15) is 55.5 Å². The van der Waals surface area contributed by atoms with Gasteiger partial charge in [-0.15, -0.1) is 10.2 Å². The fourth-order valence-electron chi connectivity index (χ4n) is 6.17. The van der Waals surface area contributed by atoms with E-state index in [1.165, 1.54) is 38.9 Å². The summed E-state index contributed by atoms with van der Waals surface area (Å²) in [6.45, 7) is 6.79. The number of carbonyl (C=O) groups excluding carboxylic acids is 2. The molecule has 0 bridgehead atoms. The molecule has 2 atom stereocenters. The van der Waals surface area contributed by atoms with Crippen molar-refractivity contribution < 1.29 is 24.2 Å². The van der Waals surface area contributed by atoms with Crippen molar-refractivity contribution in [3.63, 3.8) is 0 Å². The molecule has 1 aromatic heterocycles. The fraction of sp³-hybridized carbons (Fsp3) is 0.263. The summed E-state index contributed by atoms with van der Waals surface area (Å²) in [4.78, 5) is 29.0. The highest BCUT2D eigenvalue weighted by Gasteiger charge is 2.48. The third-order valence-corrected chi connectivity index (χ3v) is 10.7. The largest absolute Gasteiger partial charge is 0.507 e. The highest BCUT2D eigenvalue weighted by Crippen LogP contribution is 2.45. The number of aliphatic hydroxyl groups excluding tert-OH is 1. The molecule has 0 radical (unpaired) electrons. The Balaban J connectivity index is 1.25. The maximum atomic E-state index is 13.8. The molecule has 1 amide bonds. The molecule has 5 aromatic rings. The summed E-state index contributed by atoms with van der Waals surface area (Å²) in [5.74, 6) is 0.710. The van der Waals surface area contributed by atoms with Gasteiger partial charge < -0.3 is 14.6 Å². The maximum Gasteiger partial charge on any atom is 0.301 e. The Kier molecular flexibility index (Phi) is 8.94. The van der Waals surface area contributed by atoms with Gasteiger partial charge in [-0.25, -0.2) is 0 Å². The van der Waals surface area contributed by atoms with Crippen molar-refractivity contribution in [1.82, 2.24) is 10.2 Å². The molecule has 48 heavy (non-hydrogen) atoms. The maximum absolute atomic E-state index is 13.8. The number of aromatic nitrogens is 2. The van der Waals surface area contributed by atoms with Gasteiger partial charge in [0, 0.05) is 17.7 Å². The normalized spacial score (nSPS) is 18.5. The molecule has 3 heterocycles. The molecule has 2 aliphatic heterocycles. The van der Waals surface area contributed by atoms with E-state index in [1.807, 2.05) is 55.5 Å². The monoisotopic (exact) mass is 677 g/mol. The Bertz CT molecular complexity index is 2050. The molecule has 244 valence electrons. The second kappa shape index (κ2) is 13.4. The van der Waals surface area contributed by atoms with Crippen LogP contribution in [0.5, 0.6) is 11.5 Å². The molecule has 8 nitrogen and oxygen atoms in total. The molecule has 1 N–H and O–H groups in total. The summed E-state index contributed by atoms with van der Waals surface area (Å²) in [5.41, 5.74) is 3.17. The lowest BCUT2D eigenvalue weighted by atomic mass is 9.94. The number of rotatable bonds is 10. The minimum Gasteiger partial charge on any atom is -0.507 e. The van der Waals surface area contributed by atoms with Gasteiger partial charge in [-0.1, -0.05) is 91.5 Å². The van der Waals surface area contributed by atoms with Gasteiger partial charge in [0.1, 0.15) is 23.4 Å². The predicted octanol–water partition coefficient (Wildman–Crippen LogP) is 8.36. The summed E-state index contributed by atoms with van der Waals surface area (Å²) in [6, 6.07) is 26.2. The van der Waals surface area contributed by atoms with Crippen molar-refractivity contribution in [1.29, 1.82) is 0 Å². The second-order valence-corrected chi connectivity index (χ2v) is 14.7. The Hall–Kier alpha value is -4.67. The highest BCUT2D eigenvalue weighted by molar-refractivity contribution is 8.00. The van der Waals surface area contributed by atoms with Crippen LogP contribution in [0.15, 0.2) is 94.8 Å². The number of hydrogen-bond donors (Lipinski definition) is 1. The van der Waals surface area contributed by atoms with E-state index >= 15 is 0 Å². The number of benzene rings is 4. The van der Waals surface area contributed by atoms with E-state index in [0.29, 0.717) is 45.9 Å². The van der Waals surface area contributed by atoms with Gasteiger partial charge in [-0.2, -0.15) is 0 Å². The summed E-state index contributed by atoms with van der Waals surface area (Å²) in [6.07, 6.45) is 1.59. The standard InChI is InChI=1S/C38H35N3O5S2/c1-22(2)16-17-45-29-12-7-10-25(20-29)33-32(34(42)26-14-15-31-28(19-26)18-23(3)46-31)35(43)36(44)41(33)37-39-40-38(48-37)47-21-27-11-6-9-24-8-4-5-13-30(24)27/h4-15,19-20,22-23,33,42H,16-18,21H2,1-3H3/t23-,33+/m1/s1. The Labute approximate surface area is 287 Å². The minimum absolute atomic E-state index is 0.00796. The lowest BCUT2D eigenvalue weighted by Crippen LogP contribution is -2.29. The third kappa shape index (κ3) is 6.30. The van der Waals surface area contributed by atoms with Gasteiger partial charge in [0.2, 0.25) is 5.13 Å². The van der Waals surface area contributed by atoms with Crippen LogP contribution in [0.2, 0.25) is 0 Å². The zero-order valence-electron chi connectivity index (χ0n) is 26.9. The van der Waals surface area contributed by atoms with Gasteiger partial charge in [0.25, 0.3) is 5.78 Å². The van der Waals surface area contributed by atoms with E-state index in [1.54, 1.807) is 12.1 Å². The van der Waals surface area contributed by atoms with E-state index in [9.17, 15) is 14.7 Å². The average Bonchev–Trinajstić information content (AvgIpc) is 3.78. The number of hydrogen-bond acceptors (Lipinski definition) is 9. The summed E-state index contributed by atoms with van der Waals surface area (Å²) in [7, 11) is 0. The number of ketones is 1. The zero-order chi connectivity index (χ0) is 33.4. The molecule has 0 aliphatic carbocycles. The second-order valence-electron chi connectivity index (χ2n) is 12.5. The van der Waals surface area contributed by atoms with E-state index in [0.717, 1.165) is 23.1 Å². The first-order valence-electron chi connectivity index (χ1n) is 16.0. The van der Waals surface area contributed by atoms with Crippen molar-refractivity contribution >= 4 is 56.5 Å². The van der Waals surface area contributed by atoms with Crippen LogP contribution in [0, 0.1) is 5.92 Å². The van der Waals surface area contributed by atoms with Crippen LogP contribution in [-0.2, 0) is 21.8 Å². The van der Waals surface area contributed by atoms with Crippen LogP contribution in [0.4, 0.5) is 5.13 Å². The molecule has 1 fully saturated rings. The van der Waals surface area contributed by atoms with Gasteiger partial charge in [0.05, 0.1) is 18.2 Å². The third-order valence-electron chi connectivity index (χ3n) is 8.58. The van der Waals surface area contributed by atoms with Crippen LogP contribution < -0.4 is 14.4 Å². The number of nitrogens with zero attached hydrogens (tertiary/aromatic N) is 3. The highest BCUT2D eigenvalue weighted by atomic mass is 32.2. The number of ether oxygens (including phenoxy) is 2. The van der Waals surface area contributed by atoms with E-state index < -0.39 is 17.7 Å². The quantitative estimate of drug-likeness (QED) is 0.0518. The number of anilines is 1. The lowest BCUT2D eigenvalue weighted by Gasteiger charge is -2.23. The van der Waals surface area contributed by atoms with E-state index in [2.05, 4.69) is 48.3 Å². The zero-order valence-corrected chi connectivity index (χ0v) is 28.5. The summed E-state index contributed by atoms with van der Waals surface area (Å²) >= 11 is 2.77. The SMILES string of the molecule is CC(C)CCOc1cccc([C@H]2C(=C(O)c3ccc4c(c3)C[C@@H](C)O4)C(=O)C(=O)N2c2nnc(SCc3cccc4ccccc34)s2)c1. The number of fused-ring (bicyclic) bond motifs is 2. The van der Waals surface area contributed by atoms with Crippen LogP contribution in [0.3, 0.4) is 0 Å². The topological polar surface area (TPSA) is 102 Å². The average molecular weight is 678 g/mol. The van der Waals surface area contributed by atoms with Crippen LogP contribution >= 0.6 is 23.1 Å².